The zero-order chi connectivity index (χ0) is 48.3. The van der Waals surface area contributed by atoms with Crippen molar-refractivity contribution in [2.24, 2.45) is 0 Å². The van der Waals surface area contributed by atoms with Crippen LogP contribution in [0.25, 0.3) is 120 Å². The number of hydrogen-bond donors (Lipinski definition) is 0. The average Bonchev–Trinajstić information content (AvgIpc) is 3.36. The monoisotopic (exact) mass is 948 g/mol. The molecule has 0 aliphatic heterocycles. The maximum atomic E-state index is 2.56. The van der Waals surface area contributed by atoms with Crippen LogP contribution >= 0.6 is 0 Å². The van der Waals surface area contributed by atoms with Crippen LogP contribution < -0.4 is 15.6 Å². The van der Waals surface area contributed by atoms with Crippen molar-refractivity contribution in [1.29, 1.82) is 0 Å². The molecule has 12 rings (SSSR count). The molecule has 0 heterocycles. The molecule has 340 valence electrons. The van der Waals surface area contributed by atoms with Gasteiger partial charge in [0.1, 0.15) is 0 Å². The molecule has 0 aromatic heterocycles. The van der Waals surface area contributed by atoms with Gasteiger partial charge in [0.05, 0.1) is 24.2 Å². The van der Waals surface area contributed by atoms with Crippen molar-refractivity contribution in [3.63, 3.8) is 0 Å². The van der Waals surface area contributed by atoms with Crippen molar-refractivity contribution >= 4 is 104 Å². The first-order valence-corrected chi connectivity index (χ1v) is 35.7. The average molecular weight is 949 g/mol. The van der Waals surface area contributed by atoms with Gasteiger partial charge in [-0.3, -0.25) is 0 Å². The van der Waals surface area contributed by atoms with Crippen LogP contribution in [0.2, 0.25) is 58.9 Å². The van der Waals surface area contributed by atoms with Crippen LogP contribution in [0.15, 0.2) is 200 Å². The third-order valence-corrected chi connectivity index (χ3v) is 21.4. The molecule has 0 saturated carbocycles. The summed E-state index contributed by atoms with van der Waals surface area (Å²) in [6.07, 6.45) is 0. The molecule has 0 saturated heterocycles. The first kappa shape index (κ1) is 44.3. The van der Waals surface area contributed by atoms with Gasteiger partial charge in [0.15, 0.2) is 0 Å². The van der Waals surface area contributed by atoms with Gasteiger partial charge in [0.25, 0.3) is 0 Å². The maximum absolute atomic E-state index is 2.56. The number of rotatable bonds is 8. The molecule has 0 nitrogen and oxygen atoms in total. The molecule has 0 amide bonds. The van der Waals surface area contributed by atoms with E-state index in [1.54, 1.807) is 0 Å². The topological polar surface area (TPSA) is 0 Å². The number of benzene rings is 12. The van der Waals surface area contributed by atoms with E-state index < -0.39 is 24.2 Å². The molecule has 12 aromatic carbocycles. The van der Waals surface area contributed by atoms with Crippen molar-refractivity contribution in [2.75, 3.05) is 0 Å². The van der Waals surface area contributed by atoms with Crippen molar-refractivity contribution in [1.82, 2.24) is 0 Å². The minimum atomic E-state index is -1.68. The molecule has 0 aliphatic carbocycles. The Bertz CT molecular complexity index is 3930. The van der Waals surface area contributed by atoms with Crippen molar-refractivity contribution in [3.8, 4) is 55.6 Å². The van der Waals surface area contributed by atoms with Gasteiger partial charge < -0.3 is 0 Å². The van der Waals surface area contributed by atoms with E-state index in [-0.39, 0.29) is 0 Å². The third kappa shape index (κ3) is 7.12. The lowest BCUT2D eigenvalue weighted by molar-refractivity contribution is 1.60. The molecule has 0 aliphatic rings. The van der Waals surface area contributed by atoms with Gasteiger partial charge in [-0.15, -0.1) is 0 Å². The smallest absolute Gasteiger partial charge is 0.0656 e. The summed E-state index contributed by atoms with van der Waals surface area (Å²) in [4.78, 5) is 0. The molecule has 3 heteroatoms. The van der Waals surface area contributed by atoms with E-state index in [4.69, 9.17) is 0 Å². The Balaban J connectivity index is 1.28. The van der Waals surface area contributed by atoms with Crippen molar-refractivity contribution in [3.05, 3.63) is 200 Å². The van der Waals surface area contributed by atoms with E-state index in [2.05, 4.69) is 259 Å². The fraction of sp³-hybridized carbons (Fsp3) is 0.134. The molecule has 0 N–H and O–H groups in total. The summed E-state index contributed by atoms with van der Waals surface area (Å²) in [5.41, 5.74) is 12.7. The third-order valence-electron chi connectivity index (χ3n) is 15.3. The van der Waals surface area contributed by atoms with Gasteiger partial charge >= 0.3 is 0 Å². The highest BCUT2D eigenvalue weighted by Crippen LogP contribution is 2.51. The summed E-state index contributed by atoms with van der Waals surface area (Å²) in [6, 6.07) is 77.3. The van der Waals surface area contributed by atoms with Gasteiger partial charge in [-0.25, -0.2) is 0 Å². The fourth-order valence-electron chi connectivity index (χ4n) is 12.0. The molecule has 0 bridgehead atoms. The first-order valence-electron chi connectivity index (χ1n) is 25.2. The van der Waals surface area contributed by atoms with Crippen LogP contribution in [0.5, 0.6) is 0 Å². The molecule has 0 atom stereocenters. The Morgan fingerprint density at radius 1 is 0.200 bits per heavy atom. The summed E-state index contributed by atoms with van der Waals surface area (Å²) in [5.74, 6) is 0. The number of fused-ring (bicyclic) bond motifs is 3. The van der Waals surface area contributed by atoms with E-state index in [9.17, 15) is 0 Å². The van der Waals surface area contributed by atoms with Crippen LogP contribution in [0.1, 0.15) is 0 Å². The minimum Gasteiger partial charge on any atom is -0.0656 e. The second-order valence-electron chi connectivity index (χ2n) is 22.8. The van der Waals surface area contributed by atoms with Crippen LogP contribution in [0.3, 0.4) is 0 Å². The van der Waals surface area contributed by atoms with E-state index >= 15 is 0 Å². The Morgan fingerprint density at radius 3 is 0.829 bits per heavy atom. The number of hydrogen-bond acceptors (Lipinski definition) is 0. The van der Waals surface area contributed by atoms with Crippen LogP contribution in [0.4, 0.5) is 0 Å². The molecular formula is C67H60Si3. The quantitative estimate of drug-likeness (QED) is 0.105. The predicted octanol–water partition coefficient (Wildman–Crippen LogP) is 18.0. The second-order valence-corrected chi connectivity index (χ2v) is 37.9. The summed E-state index contributed by atoms with van der Waals surface area (Å²) in [6.45, 7) is 22.3. The minimum absolute atomic E-state index is 1.22. The van der Waals surface area contributed by atoms with Gasteiger partial charge in [-0.2, -0.15) is 0 Å². The lowest BCUT2D eigenvalue weighted by Gasteiger charge is -2.25. The lowest BCUT2D eigenvalue weighted by Crippen LogP contribution is -2.38. The van der Waals surface area contributed by atoms with Gasteiger partial charge in [0, 0.05) is 0 Å². The Hall–Kier alpha value is -6.89. The largest absolute Gasteiger partial charge is 0.0784 e. The highest BCUT2D eigenvalue weighted by atomic mass is 28.3. The molecule has 0 unspecified atom stereocenters. The fourth-order valence-corrected chi connectivity index (χ4v) is 16.9. The van der Waals surface area contributed by atoms with E-state index in [1.807, 2.05) is 0 Å². The standard InChI is InChI=1S/C67H60Si3/c1-68(2,3)63-38-35-49(46-25-15-18-28-52(46)63)60-41-59(45-24-14-13-23-44(45)43-21-11-10-12-22-43)55-31-32-57-61(50-36-39-64(69(4,5)6)53-29-19-16-26-47(50)53)42-62(58-34-33-56(60)66(55)67(57)58)51-37-40-65(70(7,8)9)54-30-20-17-27-48(51)54/h10-42H,1-9H3. The van der Waals surface area contributed by atoms with Gasteiger partial charge in [-0.05, 0) is 132 Å². The van der Waals surface area contributed by atoms with E-state index in [1.165, 1.54) is 136 Å². The molecule has 70 heavy (non-hydrogen) atoms. The first-order chi connectivity index (χ1) is 33.7. The molecule has 0 fully saturated rings. The summed E-state index contributed by atoms with van der Waals surface area (Å²) in [5, 5.41) is 20.5. The highest BCUT2D eigenvalue weighted by Gasteiger charge is 2.28. The van der Waals surface area contributed by atoms with Crippen LogP contribution in [-0.2, 0) is 0 Å². The van der Waals surface area contributed by atoms with Gasteiger partial charge in [0.2, 0.25) is 0 Å². The van der Waals surface area contributed by atoms with Crippen LogP contribution in [0, 0.1) is 0 Å². The second kappa shape index (κ2) is 16.3. The molecule has 12 aromatic rings. The highest BCUT2D eigenvalue weighted by molar-refractivity contribution is 6.91. The van der Waals surface area contributed by atoms with Gasteiger partial charge in [-0.1, -0.05) is 263 Å². The summed E-state index contributed by atoms with van der Waals surface area (Å²) < 4.78 is 0. The molecular weight excluding hydrogens is 889 g/mol. The van der Waals surface area contributed by atoms with E-state index in [0.29, 0.717) is 0 Å². The normalized spacial score (nSPS) is 12.6. The van der Waals surface area contributed by atoms with Crippen molar-refractivity contribution in [2.45, 2.75) is 58.9 Å². The maximum Gasteiger partial charge on any atom is 0.0784 e. The lowest BCUT2D eigenvalue weighted by atomic mass is 9.80. The van der Waals surface area contributed by atoms with Crippen LogP contribution in [-0.4, -0.2) is 24.2 Å². The summed E-state index contributed by atoms with van der Waals surface area (Å²) in [7, 11) is -5.03. The SMILES string of the molecule is C[Si](C)(C)c1ccc(-c2cc(-c3ccccc3-c3ccccc3)c3ccc4c(-c5ccc([Si](C)(C)C)c6ccccc56)cc(-c5ccc([Si](C)(C)C)c6ccccc56)c5ccc2c3c45)c2ccccc12. The zero-order valence-corrected chi connectivity index (χ0v) is 45.1. The van der Waals surface area contributed by atoms with Crippen molar-refractivity contribution < 1.29 is 0 Å². The Labute approximate surface area is 416 Å². The predicted molar refractivity (Wildman–Crippen MR) is 319 cm³/mol. The Morgan fingerprint density at radius 2 is 0.486 bits per heavy atom. The molecule has 0 radical (unpaired) electrons. The summed E-state index contributed by atoms with van der Waals surface area (Å²) >= 11 is 0. The Kier molecular flexibility index (Phi) is 10.4. The van der Waals surface area contributed by atoms with E-state index in [0.717, 1.165) is 0 Å². The zero-order valence-electron chi connectivity index (χ0n) is 42.1. The molecule has 0 spiro atoms.